The Balaban J connectivity index is 0. The molecule has 0 spiro atoms. The molecule has 0 saturated carbocycles. The highest BCUT2D eigenvalue weighted by Crippen LogP contribution is 2.16. The molecule has 3 nitrogen and oxygen atoms in total. The topological polar surface area (TPSA) is 26.3 Å². The first-order valence-electron chi connectivity index (χ1n) is 11.0. The van der Waals surface area contributed by atoms with E-state index >= 15 is 0 Å². The zero-order valence-corrected chi connectivity index (χ0v) is 20.5. The summed E-state index contributed by atoms with van der Waals surface area (Å²) in [6.45, 7) is 7.60. The average Bonchev–Trinajstić information content (AvgIpc) is 2.57. The van der Waals surface area contributed by atoms with Gasteiger partial charge >= 0.3 is 5.97 Å². The van der Waals surface area contributed by atoms with Gasteiger partial charge in [-0.2, -0.15) is 0 Å². The van der Waals surface area contributed by atoms with E-state index in [4.69, 9.17) is 4.74 Å². The molecule has 26 heavy (non-hydrogen) atoms. The zero-order chi connectivity index (χ0) is 19.0. The van der Waals surface area contributed by atoms with Crippen LogP contribution in [0.1, 0.15) is 111 Å². The number of halogens is 1. The first-order valence-corrected chi connectivity index (χ1v) is 11.0. The third-order valence-corrected chi connectivity index (χ3v) is 5.18. The number of hydrogen-bond donors (Lipinski definition) is 0. The molecule has 0 aliphatic rings. The maximum atomic E-state index is 12.1. The van der Waals surface area contributed by atoms with Gasteiger partial charge in [0.1, 0.15) is 0 Å². The summed E-state index contributed by atoms with van der Waals surface area (Å²) in [5, 5.41) is 0. The Labute approximate surface area is 181 Å². The van der Waals surface area contributed by atoms with Gasteiger partial charge in [0.15, 0.2) is 0 Å². The van der Waals surface area contributed by atoms with E-state index in [0.29, 0.717) is 6.42 Å². The number of rotatable bonds is 17. The van der Waals surface area contributed by atoms with Gasteiger partial charge in [-0.05, 0) is 12.8 Å². The van der Waals surface area contributed by atoms with Gasteiger partial charge in [-0.3, -0.25) is 9.28 Å². The standard InChI is InChI=1S/C22H46NO2.HI/c1-6-9-10-11-12-13-14-15-16-17-18-19-22(24)25-21(8-3)23(4,5)20-7-2;/h21H,6-20H2,1-5H3;1H/q+1;/p-1. The number of carbonyl (C=O) groups excluding carboxylic acids is 1. The summed E-state index contributed by atoms with van der Waals surface area (Å²) in [7, 11) is 4.32. The van der Waals surface area contributed by atoms with Gasteiger partial charge in [0.2, 0.25) is 6.23 Å². The van der Waals surface area contributed by atoms with Crippen molar-refractivity contribution in [2.45, 2.75) is 117 Å². The molecular formula is C22H46INO2. The molecule has 1 atom stereocenters. The second kappa shape index (κ2) is 18.5. The highest BCUT2D eigenvalue weighted by molar-refractivity contribution is 5.69. The zero-order valence-electron chi connectivity index (χ0n) is 18.3. The van der Waals surface area contributed by atoms with Gasteiger partial charge in [-0.25, -0.2) is 0 Å². The fraction of sp³-hybridized carbons (Fsp3) is 0.955. The Morgan fingerprint density at radius 1 is 0.769 bits per heavy atom. The van der Waals surface area contributed by atoms with Crippen LogP contribution in [0.15, 0.2) is 0 Å². The second-order valence-electron chi connectivity index (χ2n) is 8.14. The van der Waals surface area contributed by atoms with Crippen molar-refractivity contribution in [2.24, 2.45) is 0 Å². The minimum atomic E-state index is -0.00919. The molecule has 0 aliphatic carbocycles. The summed E-state index contributed by atoms with van der Waals surface area (Å²) in [5.41, 5.74) is 0. The van der Waals surface area contributed by atoms with E-state index in [0.717, 1.165) is 36.7 Å². The van der Waals surface area contributed by atoms with E-state index < -0.39 is 0 Å². The van der Waals surface area contributed by atoms with E-state index in [1.54, 1.807) is 0 Å². The molecule has 0 aromatic carbocycles. The van der Waals surface area contributed by atoms with E-state index in [1.165, 1.54) is 57.8 Å². The van der Waals surface area contributed by atoms with Gasteiger partial charge in [0.05, 0.1) is 20.6 Å². The lowest BCUT2D eigenvalue weighted by Gasteiger charge is -2.36. The van der Waals surface area contributed by atoms with Crippen molar-refractivity contribution in [3.8, 4) is 0 Å². The van der Waals surface area contributed by atoms with Crippen LogP contribution in [0, 0.1) is 0 Å². The van der Waals surface area contributed by atoms with Crippen LogP contribution in [0.2, 0.25) is 0 Å². The van der Waals surface area contributed by atoms with Crippen LogP contribution in [-0.4, -0.2) is 37.3 Å². The quantitative estimate of drug-likeness (QED) is 0.104. The van der Waals surface area contributed by atoms with Crippen LogP contribution in [0.25, 0.3) is 0 Å². The normalized spacial score (nSPS) is 12.5. The van der Waals surface area contributed by atoms with Crippen molar-refractivity contribution in [3.63, 3.8) is 0 Å². The van der Waals surface area contributed by atoms with Crippen molar-refractivity contribution in [1.29, 1.82) is 0 Å². The van der Waals surface area contributed by atoms with Crippen molar-refractivity contribution in [2.75, 3.05) is 20.6 Å². The minimum Gasteiger partial charge on any atom is -1.00 e. The highest BCUT2D eigenvalue weighted by atomic mass is 127. The number of esters is 1. The molecule has 0 amide bonds. The summed E-state index contributed by atoms with van der Waals surface area (Å²) < 4.78 is 6.52. The summed E-state index contributed by atoms with van der Waals surface area (Å²) in [6, 6.07) is 0. The molecule has 0 aromatic heterocycles. The summed E-state index contributed by atoms with van der Waals surface area (Å²) >= 11 is 0. The van der Waals surface area contributed by atoms with E-state index in [1.807, 2.05) is 0 Å². The smallest absolute Gasteiger partial charge is 0.310 e. The molecule has 0 rings (SSSR count). The fourth-order valence-electron chi connectivity index (χ4n) is 3.58. The lowest BCUT2D eigenvalue weighted by molar-refractivity contribution is -0.935. The average molecular weight is 484 g/mol. The number of unbranched alkanes of at least 4 members (excludes halogenated alkanes) is 10. The van der Waals surface area contributed by atoms with Crippen molar-refractivity contribution < 1.29 is 38.0 Å². The Bertz CT molecular complexity index is 321. The number of hydrogen-bond acceptors (Lipinski definition) is 2. The molecular weight excluding hydrogens is 437 g/mol. The van der Waals surface area contributed by atoms with E-state index in [2.05, 4.69) is 34.9 Å². The first kappa shape index (κ1) is 28.4. The SMILES string of the molecule is CCCCCCCCCCCCCC(=O)OC(CC)[N+](C)(C)CCC.[I-]. The Morgan fingerprint density at radius 3 is 1.65 bits per heavy atom. The maximum absolute atomic E-state index is 12.1. The van der Waals surface area contributed by atoms with Crippen LogP contribution in [0.5, 0.6) is 0 Å². The molecule has 0 bridgehead atoms. The Hall–Kier alpha value is 0.160. The largest absolute Gasteiger partial charge is 1.00 e. The van der Waals surface area contributed by atoms with Gasteiger partial charge in [0, 0.05) is 12.8 Å². The predicted octanol–water partition coefficient (Wildman–Crippen LogP) is 3.46. The summed E-state index contributed by atoms with van der Waals surface area (Å²) in [6.07, 6.45) is 17.0. The summed E-state index contributed by atoms with van der Waals surface area (Å²) in [5.74, 6) is -0.00919. The number of ether oxygens (including phenoxy) is 1. The molecule has 0 N–H and O–H groups in total. The molecule has 1 unspecified atom stereocenters. The number of quaternary nitrogens is 1. The monoisotopic (exact) mass is 483 g/mol. The molecule has 4 heteroatoms. The summed E-state index contributed by atoms with van der Waals surface area (Å²) in [4.78, 5) is 12.1. The molecule has 158 valence electrons. The third-order valence-electron chi connectivity index (χ3n) is 5.18. The molecule has 0 radical (unpaired) electrons. The molecule has 0 aliphatic heterocycles. The lowest BCUT2D eigenvalue weighted by Crippen LogP contribution is -3.00. The minimum absolute atomic E-state index is 0. The predicted molar refractivity (Wildman–Crippen MR) is 109 cm³/mol. The second-order valence-corrected chi connectivity index (χ2v) is 8.14. The highest BCUT2D eigenvalue weighted by Gasteiger charge is 2.28. The molecule has 0 aromatic rings. The fourth-order valence-corrected chi connectivity index (χ4v) is 3.58. The van der Waals surface area contributed by atoms with E-state index in [9.17, 15) is 4.79 Å². The van der Waals surface area contributed by atoms with Crippen LogP contribution < -0.4 is 24.0 Å². The van der Waals surface area contributed by atoms with Crippen LogP contribution in [0.4, 0.5) is 0 Å². The number of nitrogens with zero attached hydrogens (tertiary/aromatic N) is 1. The van der Waals surface area contributed by atoms with Crippen molar-refractivity contribution in [1.82, 2.24) is 0 Å². The van der Waals surface area contributed by atoms with Gasteiger partial charge < -0.3 is 28.7 Å². The molecule has 0 fully saturated rings. The lowest BCUT2D eigenvalue weighted by atomic mass is 10.1. The van der Waals surface area contributed by atoms with Crippen molar-refractivity contribution >= 4 is 5.97 Å². The van der Waals surface area contributed by atoms with Crippen molar-refractivity contribution in [3.05, 3.63) is 0 Å². The van der Waals surface area contributed by atoms with Crippen LogP contribution >= 0.6 is 0 Å². The molecule has 0 heterocycles. The van der Waals surface area contributed by atoms with Crippen LogP contribution in [0.3, 0.4) is 0 Å². The van der Waals surface area contributed by atoms with E-state index in [-0.39, 0.29) is 36.2 Å². The Morgan fingerprint density at radius 2 is 1.23 bits per heavy atom. The molecule has 0 saturated heterocycles. The van der Waals surface area contributed by atoms with Crippen LogP contribution in [-0.2, 0) is 9.53 Å². The first-order chi connectivity index (χ1) is 12.0. The van der Waals surface area contributed by atoms with Gasteiger partial charge in [-0.15, -0.1) is 0 Å². The maximum Gasteiger partial charge on any atom is 0.310 e. The van der Waals surface area contributed by atoms with Gasteiger partial charge in [-0.1, -0.05) is 85.0 Å². The number of carbonyl (C=O) groups is 1. The Kier molecular flexibility index (Phi) is 20.2. The van der Waals surface area contributed by atoms with Gasteiger partial charge in [0.25, 0.3) is 0 Å². The third kappa shape index (κ3) is 15.2.